The van der Waals surface area contributed by atoms with Gasteiger partial charge in [0, 0.05) is 43.8 Å². The summed E-state index contributed by atoms with van der Waals surface area (Å²) in [7, 11) is 0. The predicted octanol–water partition coefficient (Wildman–Crippen LogP) is 14.3. The van der Waals surface area contributed by atoms with Gasteiger partial charge in [0.1, 0.15) is 22.3 Å². The number of fused-ring (bicyclic) bond motifs is 6. The number of para-hydroxylation sites is 3. The van der Waals surface area contributed by atoms with E-state index < -0.39 is 0 Å². The average molecular weight is 717 g/mol. The Bertz CT molecular complexity index is 3190. The minimum Gasteiger partial charge on any atom is -0.456 e. The van der Waals surface area contributed by atoms with Gasteiger partial charge >= 0.3 is 0 Å². The molecule has 0 saturated heterocycles. The monoisotopic (exact) mass is 716 g/mol. The van der Waals surface area contributed by atoms with E-state index in [1.54, 1.807) is 0 Å². The molecular formula is C52H32N2O2. The molecule has 3 heterocycles. The molecule has 0 aliphatic heterocycles. The number of aromatic nitrogens is 2. The lowest BCUT2D eigenvalue weighted by molar-refractivity contribution is 0.669. The van der Waals surface area contributed by atoms with Crippen LogP contribution in [-0.2, 0) is 0 Å². The number of hydrogen-bond donors (Lipinski definition) is 0. The summed E-state index contributed by atoms with van der Waals surface area (Å²) in [5.74, 6) is 0.678. The van der Waals surface area contributed by atoms with Crippen molar-refractivity contribution in [1.29, 1.82) is 0 Å². The van der Waals surface area contributed by atoms with Crippen molar-refractivity contribution in [2.75, 3.05) is 0 Å². The molecule has 0 radical (unpaired) electrons. The quantitative estimate of drug-likeness (QED) is 0.172. The Balaban J connectivity index is 1.16. The molecule has 11 aromatic rings. The first-order chi connectivity index (χ1) is 27.7. The van der Waals surface area contributed by atoms with Crippen molar-refractivity contribution in [3.63, 3.8) is 0 Å². The number of nitrogens with zero attached hydrogens (tertiary/aromatic N) is 2. The third-order valence-corrected chi connectivity index (χ3v) is 10.7. The van der Waals surface area contributed by atoms with Crippen LogP contribution in [0.1, 0.15) is 0 Å². The molecule has 0 saturated carbocycles. The first-order valence-corrected chi connectivity index (χ1v) is 18.8. The topological polar surface area (TPSA) is 52.1 Å². The Labute approximate surface area is 323 Å². The summed E-state index contributed by atoms with van der Waals surface area (Å²) < 4.78 is 12.8. The summed E-state index contributed by atoms with van der Waals surface area (Å²) in [6, 6.07) is 67.4. The second-order valence-corrected chi connectivity index (χ2v) is 14.1. The van der Waals surface area contributed by atoms with E-state index in [0.29, 0.717) is 5.82 Å². The molecule has 11 rings (SSSR count). The van der Waals surface area contributed by atoms with Crippen molar-refractivity contribution >= 4 is 43.9 Å². The van der Waals surface area contributed by atoms with Crippen molar-refractivity contribution in [1.82, 2.24) is 9.97 Å². The molecule has 0 aliphatic rings. The second-order valence-electron chi connectivity index (χ2n) is 14.1. The Morgan fingerprint density at radius 1 is 0.286 bits per heavy atom. The van der Waals surface area contributed by atoms with Crippen molar-refractivity contribution in [2.45, 2.75) is 0 Å². The van der Waals surface area contributed by atoms with Gasteiger partial charge in [-0.3, -0.25) is 0 Å². The zero-order chi connectivity index (χ0) is 37.0. The van der Waals surface area contributed by atoms with E-state index in [1.807, 2.05) is 60.7 Å². The molecule has 8 aromatic carbocycles. The van der Waals surface area contributed by atoms with Crippen LogP contribution < -0.4 is 0 Å². The third kappa shape index (κ3) is 5.47. The summed E-state index contributed by atoms with van der Waals surface area (Å²) in [5, 5.41) is 4.40. The van der Waals surface area contributed by atoms with Crippen LogP contribution in [0.25, 0.3) is 111 Å². The lowest BCUT2D eigenvalue weighted by Gasteiger charge is -2.15. The van der Waals surface area contributed by atoms with Crippen LogP contribution in [0.2, 0.25) is 0 Å². The SMILES string of the molecule is c1ccc(-c2cc(-c3cc(-c4ccc5oc6ccccc6c5c4)cc(-c4ccccc4-c4cccc5c4oc4ccccc45)c3)nc(-c3ccccc3)n2)cc1. The van der Waals surface area contributed by atoms with E-state index in [4.69, 9.17) is 18.8 Å². The van der Waals surface area contributed by atoms with Gasteiger partial charge in [-0.2, -0.15) is 0 Å². The van der Waals surface area contributed by atoms with Gasteiger partial charge in [-0.1, -0.05) is 146 Å². The molecule has 0 bridgehead atoms. The number of furan rings is 2. The summed E-state index contributed by atoms with van der Waals surface area (Å²) in [6.45, 7) is 0. The van der Waals surface area contributed by atoms with Crippen molar-refractivity contribution in [3.05, 3.63) is 194 Å². The molecule has 0 amide bonds. The minimum atomic E-state index is 0.678. The van der Waals surface area contributed by atoms with E-state index in [2.05, 4.69) is 133 Å². The van der Waals surface area contributed by atoms with E-state index in [9.17, 15) is 0 Å². The molecule has 262 valence electrons. The molecule has 0 fully saturated rings. The normalized spacial score (nSPS) is 11.6. The predicted molar refractivity (Wildman–Crippen MR) is 229 cm³/mol. The Morgan fingerprint density at radius 3 is 1.62 bits per heavy atom. The highest BCUT2D eigenvalue weighted by molar-refractivity contribution is 6.11. The van der Waals surface area contributed by atoms with Crippen LogP contribution >= 0.6 is 0 Å². The van der Waals surface area contributed by atoms with Crippen LogP contribution in [0.4, 0.5) is 0 Å². The third-order valence-electron chi connectivity index (χ3n) is 10.7. The van der Waals surface area contributed by atoms with Gasteiger partial charge in [0.2, 0.25) is 0 Å². The number of hydrogen-bond acceptors (Lipinski definition) is 4. The fourth-order valence-corrected chi connectivity index (χ4v) is 8.00. The van der Waals surface area contributed by atoms with Gasteiger partial charge in [-0.25, -0.2) is 9.97 Å². The molecule has 4 heteroatoms. The minimum absolute atomic E-state index is 0.678. The highest BCUT2D eigenvalue weighted by atomic mass is 16.3. The maximum atomic E-state index is 6.57. The lowest BCUT2D eigenvalue weighted by Crippen LogP contribution is -1.96. The van der Waals surface area contributed by atoms with Crippen LogP contribution in [0, 0.1) is 0 Å². The second kappa shape index (κ2) is 13.1. The average Bonchev–Trinajstić information content (AvgIpc) is 3.85. The fraction of sp³-hybridized carbons (Fsp3) is 0. The van der Waals surface area contributed by atoms with Gasteiger partial charge in [0.15, 0.2) is 5.82 Å². The van der Waals surface area contributed by atoms with Crippen LogP contribution in [0.5, 0.6) is 0 Å². The molecule has 3 aromatic heterocycles. The Morgan fingerprint density at radius 2 is 0.839 bits per heavy atom. The van der Waals surface area contributed by atoms with Gasteiger partial charge in [-0.05, 0) is 76.3 Å². The van der Waals surface area contributed by atoms with Crippen molar-refractivity contribution in [2.24, 2.45) is 0 Å². The van der Waals surface area contributed by atoms with E-state index in [1.165, 1.54) is 0 Å². The molecule has 4 nitrogen and oxygen atoms in total. The molecule has 0 aliphatic carbocycles. The Hall–Kier alpha value is -7.56. The lowest BCUT2D eigenvalue weighted by atomic mass is 9.89. The van der Waals surface area contributed by atoms with Gasteiger partial charge < -0.3 is 8.83 Å². The van der Waals surface area contributed by atoms with Crippen LogP contribution in [0.3, 0.4) is 0 Å². The van der Waals surface area contributed by atoms with Crippen molar-refractivity contribution < 1.29 is 8.83 Å². The first kappa shape index (κ1) is 31.9. The van der Waals surface area contributed by atoms with E-state index in [0.717, 1.165) is 105 Å². The molecule has 0 unspecified atom stereocenters. The maximum absolute atomic E-state index is 6.57. The molecule has 0 atom stereocenters. The largest absolute Gasteiger partial charge is 0.456 e. The van der Waals surface area contributed by atoms with Gasteiger partial charge in [-0.15, -0.1) is 0 Å². The summed E-state index contributed by atoms with van der Waals surface area (Å²) in [5.41, 5.74) is 14.7. The zero-order valence-electron chi connectivity index (χ0n) is 30.2. The van der Waals surface area contributed by atoms with E-state index >= 15 is 0 Å². The molecule has 0 N–H and O–H groups in total. The fourth-order valence-electron chi connectivity index (χ4n) is 8.00. The number of rotatable bonds is 6. The van der Waals surface area contributed by atoms with Crippen LogP contribution in [-0.4, -0.2) is 9.97 Å². The highest BCUT2D eigenvalue weighted by Gasteiger charge is 2.18. The summed E-state index contributed by atoms with van der Waals surface area (Å²) in [6.07, 6.45) is 0. The zero-order valence-corrected chi connectivity index (χ0v) is 30.2. The smallest absolute Gasteiger partial charge is 0.160 e. The Kier molecular flexibility index (Phi) is 7.46. The maximum Gasteiger partial charge on any atom is 0.160 e. The van der Waals surface area contributed by atoms with E-state index in [-0.39, 0.29) is 0 Å². The van der Waals surface area contributed by atoms with Crippen LogP contribution in [0.15, 0.2) is 203 Å². The highest BCUT2D eigenvalue weighted by Crippen LogP contribution is 2.43. The van der Waals surface area contributed by atoms with Gasteiger partial charge in [0.05, 0.1) is 11.4 Å². The molecular weight excluding hydrogens is 685 g/mol. The summed E-state index contributed by atoms with van der Waals surface area (Å²) in [4.78, 5) is 10.3. The summed E-state index contributed by atoms with van der Waals surface area (Å²) >= 11 is 0. The standard InChI is InChI=1S/C52H32N2O2/c1-3-14-33(15-4-1)46-32-47(54-52(53-46)34-16-5-2-6-17-34)38-29-36(35-26-27-50-45(31-35)42-21-10-11-24-48(42)55-50)28-37(30-38)39-18-7-8-19-40(39)43-22-13-23-44-41-20-9-12-25-49(41)56-51(43)44/h1-32H. The number of benzene rings is 8. The van der Waals surface area contributed by atoms with Crippen molar-refractivity contribution in [3.8, 4) is 67.3 Å². The first-order valence-electron chi connectivity index (χ1n) is 18.8. The molecule has 56 heavy (non-hydrogen) atoms. The molecule has 0 spiro atoms. The van der Waals surface area contributed by atoms with Gasteiger partial charge in [0.25, 0.3) is 0 Å².